The van der Waals surface area contributed by atoms with E-state index in [0.717, 1.165) is 30.1 Å². The Morgan fingerprint density at radius 1 is 1.15 bits per heavy atom. The van der Waals surface area contributed by atoms with Gasteiger partial charge in [0, 0.05) is 0 Å². The normalized spacial score (nSPS) is 43.3. The molecule has 2 saturated carbocycles. The molecule has 6 atom stereocenters. The fraction of sp³-hybridized carbons (Fsp3) is 0.741. The summed E-state index contributed by atoms with van der Waals surface area (Å²) in [6.07, 6.45) is 19.6. The van der Waals surface area contributed by atoms with Crippen molar-refractivity contribution < 1.29 is 0 Å². The van der Waals surface area contributed by atoms with Crippen LogP contribution in [-0.2, 0) is 0 Å². The van der Waals surface area contributed by atoms with Gasteiger partial charge in [-0.3, -0.25) is 0 Å². The summed E-state index contributed by atoms with van der Waals surface area (Å²) in [6.45, 7) is 12.2. The molecular formula is C27H40. The van der Waals surface area contributed by atoms with Crippen LogP contribution in [0.25, 0.3) is 0 Å². The Bertz CT molecular complexity index is 712. The summed E-state index contributed by atoms with van der Waals surface area (Å²) in [7, 11) is 0. The van der Waals surface area contributed by atoms with Gasteiger partial charge in [-0.2, -0.15) is 0 Å². The van der Waals surface area contributed by atoms with Crippen LogP contribution in [0.3, 0.4) is 0 Å². The van der Waals surface area contributed by atoms with Gasteiger partial charge in [0.25, 0.3) is 0 Å². The monoisotopic (exact) mass is 364 g/mol. The van der Waals surface area contributed by atoms with E-state index in [0.29, 0.717) is 10.8 Å². The van der Waals surface area contributed by atoms with E-state index < -0.39 is 0 Å². The summed E-state index contributed by atoms with van der Waals surface area (Å²) in [4.78, 5) is 0. The summed E-state index contributed by atoms with van der Waals surface area (Å²) in [5.74, 6) is 3.53. The first-order valence-corrected chi connectivity index (χ1v) is 11.7. The molecular weight excluding hydrogens is 324 g/mol. The van der Waals surface area contributed by atoms with Crippen molar-refractivity contribution in [3.8, 4) is 0 Å². The van der Waals surface area contributed by atoms with E-state index in [1.807, 2.05) is 0 Å². The fourth-order valence-electron chi connectivity index (χ4n) is 7.74. The van der Waals surface area contributed by atoms with Gasteiger partial charge in [-0.05, 0) is 118 Å². The highest BCUT2D eigenvalue weighted by Crippen LogP contribution is 2.66. The van der Waals surface area contributed by atoms with Crippen LogP contribution in [-0.4, -0.2) is 0 Å². The zero-order valence-corrected chi connectivity index (χ0v) is 18.4. The molecule has 0 aromatic carbocycles. The second-order valence-corrected chi connectivity index (χ2v) is 10.6. The first-order valence-electron chi connectivity index (χ1n) is 11.7. The average Bonchev–Trinajstić information content (AvgIpc) is 2.93. The second kappa shape index (κ2) is 7.11. The van der Waals surface area contributed by atoms with Crippen molar-refractivity contribution in [3.05, 3.63) is 40.7 Å². The lowest BCUT2D eigenvalue weighted by Crippen LogP contribution is -2.48. The van der Waals surface area contributed by atoms with Gasteiger partial charge in [0.05, 0.1) is 0 Å². The predicted octanol–water partition coefficient (Wildman–Crippen LogP) is 8.02. The van der Waals surface area contributed by atoms with Gasteiger partial charge in [-0.25, -0.2) is 0 Å². The first-order chi connectivity index (χ1) is 12.9. The van der Waals surface area contributed by atoms with Crippen molar-refractivity contribution in [1.82, 2.24) is 0 Å². The quantitative estimate of drug-likeness (QED) is 0.344. The van der Waals surface area contributed by atoms with Gasteiger partial charge < -0.3 is 0 Å². The molecule has 0 bridgehead atoms. The Morgan fingerprint density at radius 3 is 2.74 bits per heavy atom. The van der Waals surface area contributed by atoms with Crippen LogP contribution in [0.5, 0.6) is 0 Å². The molecule has 0 radical (unpaired) electrons. The SMILES string of the molecule is CCC=C=C(C)[C@H]1CCC2C3CC=C4CC=C(C)CCC4(C)C3CCC21C. The molecule has 0 aromatic heterocycles. The Labute approximate surface area is 167 Å². The number of hydrogen-bond donors (Lipinski definition) is 0. The topological polar surface area (TPSA) is 0 Å². The van der Waals surface area contributed by atoms with Crippen LogP contribution in [0, 0.1) is 34.5 Å². The van der Waals surface area contributed by atoms with Gasteiger partial charge in [-0.1, -0.05) is 44.1 Å². The number of hydrogen-bond acceptors (Lipinski definition) is 0. The number of fused-ring (bicyclic) bond motifs is 5. The van der Waals surface area contributed by atoms with Crippen LogP contribution in [0.2, 0.25) is 0 Å². The van der Waals surface area contributed by atoms with Crippen molar-refractivity contribution in [2.45, 2.75) is 92.4 Å². The molecule has 0 N–H and O–H groups in total. The standard InChI is InChI=1S/C27H40/c1-6-7-8-20(3)23-13-14-24-22-12-11-21-10-9-19(2)15-17-26(21,4)25(22)16-18-27(23,24)5/h7,9,11,22-25H,6,10,12-18H2,1-5H3/t8?,22?,23-,24?,25?,26?,27?/m1/s1. The summed E-state index contributed by atoms with van der Waals surface area (Å²) in [5, 5.41) is 0. The Balaban J connectivity index is 1.63. The van der Waals surface area contributed by atoms with Crippen LogP contribution in [0.1, 0.15) is 92.4 Å². The van der Waals surface area contributed by atoms with E-state index in [2.05, 4.69) is 58.6 Å². The lowest BCUT2D eigenvalue weighted by atomic mass is 9.48. The van der Waals surface area contributed by atoms with Crippen LogP contribution < -0.4 is 0 Å². The molecule has 0 saturated heterocycles. The molecule has 0 heterocycles. The highest BCUT2D eigenvalue weighted by atomic mass is 14.6. The highest BCUT2D eigenvalue weighted by Gasteiger charge is 2.58. The van der Waals surface area contributed by atoms with E-state index >= 15 is 0 Å². The smallest absolute Gasteiger partial charge is 0.00732 e. The molecule has 2 fully saturated rings. The van der Waals surface area contributed by atoms with Crippen LogP contribution >= 0.6 is 0 Å². The van der Waals surface area contributed by atoms with Gasteiger partial charge >= 0.3 is 0 Å². The molecule has 0 amide bonds. The Hall–Kier alpha value is -1.00. The molecule has 27 heavy (non-hydrogen) atoms. The lowest BCUT2D eigenvalue weighted by Gasteiger charge is -2.56. The van der Waals surface area contributed by atoms with Crippen molar-refractivity contribution in [2.75, 3.05) is 0 Å². The van der Waals surface area contributed by atoms with E-state index in [4.69, 9.17) is 0 Å². The first kappa shape index (κ1) is 19.3. The molecule has 5 unspecified atom stereocenters. The maximum absolute atomic E-state index is 3.64. The van der Waals surface area contributed by atoms with Crippen molar-refractivity contribution in [2.24, 2.45) is 34.5 Å². The number of allylic oxidation sites excluding steroid dienone is 5. The Kier molecular flexibility index (Phi) is 5.09. The zero-order valence-electron chi connectivity index (χ0n) is 18.4. The summed E-state index contributed by atoms with van der Waals surface area (Å²) in [5.41, 5.74) is 9.55. The molecule has 0 aromatic rings. The molecule has 4 rings (SSSR count). The molecule has 4 aliphatic carbocycles. The maximum Gasteiger partial charge on any atom is -0.00732 e. The minimum atomic E-state index is 0.462. The van der Waals surface area contributed by atoms with E-state index in [-0.39, 0.29) is 0 Å². The fourth-order valence-corrected chi connectivity index (χ4v) is 7.74. The average molecular weight is 365 g/mol. The third-order valence-corrected chi connectivity index (χ3v) is 9.39. The third kappa shape index (κ3) is 3.04. The summed E-state index contributed by atoms with van der Waals surface area (Å²) >= 11 is 0. The second-order valence-electron chi connectivity index (χ2n) is 10.6. The van der Waals surface area contributed by atoms with Gasteiger partial charge in [0.15, 0.2) is 0 Å². The van der Waals surface area contributed by atoms with Crippen molar-refractivity contribution in [1.29, 1.82) is 0 Å². The minimum Gasteiger partial charge on any atom is -0.126 e. The maximum atomic E-state index is 3.64. The van der Waals surface area contributed by atoms with Crippen molar-refractivity contribution in [3.63, 3.8) is 0 Å². The predicted molar refractivity (Wildman–Crippen MR) is 117 cm³/mol. The molecule has 148 valence electrons. The van der Waals surface area contributed by atoms with Crippen LogP contribution in [0.4, 0.5) is 0 Å². The van der Waals surface area contributed by atoms with E-state index in [1.54, 1.807) is 11.1 Å². The van der Waals surface area contributed by atoms with Crippen molar-refractivity contribution >= 4 is 0 Å². The van der Waals surface area contributed by atoms with Gasteiger partial charge in [0.2, 0.25) is 0 Å². The number of rotatable bonds is 2. The summed E-state index contributed by atoms with van der Waals surface area (Å²) in [6, 6.07) is 0. The third-order valence-electron chi connectivity index (χ3n) is 9.39. The molecule has 0 spiro atoms. The van der Waals surface area contributed by atoms with Gasteiger partial charge in [-0.15, -0.1) is 5.73 Å². The largest absolute Gasteiger partial charge is 0.126 e. The highest BCUT2D eigenvalue weighted by molar-refractivity contribution is 5.28. The Morgan fingerprint density at radius 2 is 1.96 bits per heavy atom. The zero-order chi connectivity index (χ0) is 19.2. The molecule has 0 nitrogen and oxygen atoms in total. The van der Waals surface area contributed by atoms with Crippen LogP contribution in [0.15, 0.2) is 40.7 Å². The minimum absolute atomic E-state index is 0.462. The summed E-state index contributed by atoms with van der Waals surface area (Å²) < 4.78 is 0. The molecule has 0 aliphatic heterocycles. The van der Waals surface area contributed by atoms with E-state index in [1.165, 1.54) is 56.9 Å². The van der Waals surface area contributed by atoms with Gasteiger partial charge in [0.1, 0.15) is 0 Å². The van der Waals surface area contributed by atoms with E-state index in [9.17, 15) is 0 Å². The molecule has 4 aliphatic rings. The lowest BCUT2D eigenvalue weighted by molar-refractivity contribution is -0.0308. The molecule has 0 heteroatoms.